The number of nitrogens with zero attached hydrogens (tertiary/aromatic N) is 1. The van der Waals surface area contributed by atoms with Crippen molar-refractivity contribution in [3.05, 3.63) is 65.2 Å². The van der Waals surface area contributed by atoms with Crippen LogP contribution in [0.1, 0.15) is 16.7 Å². The Morgan fingerprint density at radius 1 is 0.889 bits per heavy atom. The summed E-state index contributed by atoms with van der Waals surface area (Å²) in [6.07, 6.45) is 0. The molecule has 0 radical (unpaired) electrons. The summed E-state index contributed by atoms with van der Waals surface area (Å²) < 4.78 is 0. The van der Waals surface area contributed by atoms with Crippen LogP contribution in [0.5, 0.6) is 0 Å². The van der Waals surface area contributed by atoms with Gasteiger partial charge in [0.25, 0.3) is 0 Å². The lowest BCUT2D eigenvalue weighted by atomic mass is 10.1. The van der Waals surface area contributed by atoms with E-state index in [0.717, 1.165) is 11.9 Å². The fourth-order valence-electron chi connectivity index (χ4n) is 1.90. The average molecular weight is 304 g/mol. The Labute approximate surface area is 118 Å². The zero-order chi connectivity index (χ0) is 13.0. The minimum Gasteiger partial charge on any atom is -0.370 e. The van der Waals surface area contributed by atoms with E-state index in [1.165, 1.54) is 22.4 Å². The molecule has 1 nitrogen and oxygen atoms in total. The molecule has 0 saturated carbocycles. The molecular formula is C16H18BrN. The van der Waals surface area contributed by atoms with E-state index in [1.54, 1.807) is 0 Å². The Morgan fingerprint density at radius 2 is 1.44 bits per heavy atom. The third-order valence-corrected chi connectivity index (χ3v) is 3.72. The second-order valence-electron chi connectivity index (χ2n) is 4.64. The molecule has 0 aliphatic heterocycles. The normalized spacial score (nSPS) is 10.4. The summed E-state index contributed by atoms with van der Waals surface area (Å²) in [5.74, 6) is 0. The summed E-state index contributed by atoms with van der Waals surface area (Å²) in [4.78, 5) is 2.27. The van der Waals surface area contributed by atoms with Crippen LogP contribution in [-0.2, 0) is 11.9 Å². The van der Waals surface area contributed by atoms with Gasteiger partial charge in [-0.2, -0.15) is 0 Å². The number of alkyl halides is 1. The third-order valence-electron chi connectivity index (χ3n) is 3.07. The first kappa shape index (κ1) is 13.2. The lowest BCUT2D eigenvalue weighted by Gasteiger charge is -2.19. The highest BCUT2D eigenvalue weighted by Gasteiger charge is 2.02. The molecule has 0 saturated heterocycles. The van der Waals surface area contributed by atoms with Gasteiger partial charge in [0, 0.05) is 24.6 Å². The zero-order valence-electron chi connectivity index (χ0n) is 10.9. The fraction of sp³-hybridized carbons (Fsp3) is 0.250. The molecule has 2 aromatic carbocycles. The monoisotopic (exact) mass is 303 g/mol. The van der Waals surface area contributed by atoms with Crippen molar-refractivity contribution in [2.75, 3.05) is 11.9 Å². The molecule has 0 atom stereocenters. The van der Waals surface area contributed by atoms with Crippen molar-refractivity contribution in [2.24, 2.45) is 0 Å². The fourth-order valence-corrected chi connectivity index (χ4v) is 2.27. The van der Waals surface area contributed by atoms with Crippen LogP contribution in [0.4, 0.5) is 5.69 Å². The topological polar surface area (TPSA) is 3.24 Å². The van der Waals surface area contributed by atoms with Crippen LogP contribution in [0.15, 0.2) is 48.5 Å². The van der Waals surface area contributed by atoms with Gasteiger partial charge in [-0.1, -0.05) is 57.9 Å². The van der Waals surface area contributed by atoms with Crippen LogP contribution in [0.3, 0.4) is 0 Å². The van der Waals surface area contributed by atoms with Crippen molar-refractivity contribution in [1.29, 1.82) is 0 Å². The summed E-state index contributed by atoms with van der Waals surface area (Å²) in [7, 11) is 2.13. The summed E-state index contributed by atoms with van der Waals surface area (Å²) in [6, 6.07) is 17.4. The largest absolute Gasteiger partial charge is 0.370 e. The molecule has 0 fully saturated rings. The van der Waals surface area contributed by atoms with Gasteiger partial charge >= 0.3 is 0 Å². The molecule has 0 heterocycles. The van der Waals surface area contributed by atoms with E-state index in [1.807, 2.05) is 0 Å². The summed E-state index contributed by atoms with van der Waals surface area (Å²) >= 11 is 3.47. The molecule has 2 aromatic rings. The standard InChI is InChI=1S/C16H18BrN/c1-13-3-5-15(6-4-13)12-18(2)16-9-7-14(11-17)8-10-16/h3-10H,11-12H2,1-2H3. The van der Waals surface area contributed by atoms with Crippen molar-refractivity contribution in [1.82, 2.24) is 0 Å². The summed E-state index contributed by atoms with van der Waals surface area (Å²) in [5.41, 5.74) is 5.21. The van der Waals surface area contributed by atoms with Gasteiger partial charge < -0.3 is 4.90 Å². The highest BCUT2D eigenvalue weighted by molar-refractivity contribution is 9.08. The summed E-state index contributed by atoms with van der Waals surface area (Å²) in [6.45, 7) is 3.06. The van der Waals surface area contributed by atoms with Crippen LogP contribution in [0, 0.1) is 6.92 Å². The number of halogens is 1. The molecule has 18 heavy (non-hydrogen) atoms. The molecule has 0 bridgehead atoms. The van der Waals surface area contributed by atoms with Crippen molar-refractivity contribution in [3.8, 4) is 0 Å². The van der Waals surface area contributed by atoms with Crippen LogP contribution in [-0.4, -0.2) is 7.05 Å². The van der Waals surface area contributed by atoms with E-state index in [2.05, 4.69) is 83.3 Å². The SMILES string of the molecule is Cc1ccc(CN(C)c2ccc(CBr)cc2)cc1. The maximum atomic E-state index is 3.47. The minimum absolute atomic E-state index is 0.912. The van der Waals surface area contributed by atoms with Crippen molar-refractivity contribution in [3.63, 3.8) is 0 Å². The smallest absolute Gasteiger partial charge is 0.0426 e. The van der Waals surface area contributed by atoms with Gasteiger partial charge in [-0.05, 0) is 30.2 Å². The van der Waals surface area contributed by atoms with Crippen molar-refractivity contribution >= 4 is 21.6 Å². The van der Waals surface area contributed by atoms with Gasteiger partial charge in [-0.15, -0.1) is 0 Å². The average Bonchev–Trinajstić information content (AvgIpc) is 2.41. The molecule has 0 amide bonds. The molecule has 0 N–H and O–H groups in total. The zero-order valence-corrected chi connectivity index (χ0v) is 12.4. The number of rotatable bonds is 4. The second kappa shape index (κ2) is 6.05. The maximum absolute atomic E-state index is 3.47. The highest BCUT2D eigenvalue weighted by atomic mass is 79.9. The van der Waals surface area contributed by atoms with E-state index in [0.29, 0.717) is 0 Å². The molecule has 94 valence electrons. The molecule has 0 spiro atoms. The predicted molar refractivity (Wildman–Crippen MR) is 82.4 cm³/mol. The van der Waals surface area contributed by atoms with Gasteiger partial charge in [-0.3, -0.25) is 0 Å². The highest BCUT2D eigenvalue weighted by Crippen LogP contribution is 2.17. The van der Waals surface area contributed by atoms with Gasteiger partial charge in [0.1, 0.15) is 0 Å². The van der Waals surface area contributed by atoms with E-state index in [9.17, 15) is 0 Å². The Bertz CT molecular complexity index is 488. The van der Waals surface area contributed by atoms with Crippen molar-refractivity contribution in [2.45, 2.75) is 18.8 Å². The first-order chi connectivity index (χ1) is 8.69. The maximum Gasteiger partial charge on any atom is 0.0426 e. The molecular weight excluding hydrogens is 286 g/mol. The van der Waals surface area contributed by atoms with Gasteiger partial charge in [0.05, 0.1) is 0 Å². The van der Waals surface area contributed by atoms with Crippen molar-refractivity contribution < 1.29 is 0 Å². The third kappa shape index (κ3) is 3.36. The quantitative estimate of drug-likeness (QED) is 0.750. The first-order valence-corrected chi connectivity index (χ1v) is 7.23. The number of hydrogen-bond donors (Lipinski definition) is 0. The predicted octanol–water partition coefficient (Wildman–Crippen LogP) is 4.53. The Balaban J connectivity index is 2.06. The van der Waals surface area contributed by atoms with E-state index in [-0.39, 0.29) is 0 Å². The van der Waals surface area contributed by atoms with Gasteiger partial charge in [0.2, 0.25) is 0 Å². The van der Waals surface area contributed by atoms with Gasteiger partial charge in [-0.25, -0.2) is 0 Å². The second-order valence-corrected chi connectivity index (χ2v) is 5.20. The molecule has 0 aliphatic rings. The lowest BCUT2D eigenvalue weighted by molar-refractivity contribution is 0.922. The van der Waals surface area contributed by atoms with Crippen LogP contribution >= 0.6 is 15.9 Å². The summed E-state index contributed by atoms with van der Waals surface area (Å²) in [5, 5.41) is 0.912. The molecule has 2 rings (SSSR count). The number of hydrogen-bond acceptors (Lipinski definition) is 1. The minimum atomic E-state index is 0.912. The van der Waals surface area contributed by atoms with Crippen LogP contribution in [0.2, 0.25) is 0 Å². The number of aryl methyl sites for hydroxylation is 1. The van der Waals surface area contributed by atoms with Gasteiger partial charge in [0.15, 0.2) is 0 Å². The Kier molecular flexibility index (Phi) is 4.43. The van der Waals surface area contributed by atoms with Crippen LogP contribution < -0.4 is 4.90 Å². The van der Waals surface area contributed by atoms with E-state index in [4.69, 9.17) is 0 Å². The number of anilines is 1. The Morgan fingerprint density at radius 3 is 2.00 bits per heavy atom. The number of benzene rings is 2. The lowest BCUT2D eigenvalue weighted by Crippen LogP contribution is -2.16. The molecule has 2 heteroatoms. The van der Waals surface area contributed by atoms with E-state index < -0.39 is 0 Å². The molecule has 0 unspecified atom stereocenters. The molecule has 0 aromatic heterocycles. The van der Waals surface area contributed by atoms with Crippen LogP contribution in [0.25, 0.3) is 0 Å². The first-order valence-electron chi connectivity index (χ1n) is 6.10. The molecule has 0 aliphatic carbocycles. The van der Waals surface area contributed by atoms with E-state index >= 15 is 0 Å². The Hall–Kier alpha value is -1.28.